The maximum Gasteiger partial charge on any atom is 0.408 e. The van der Waals surface area contributed by atoms with E-state index >= 15 is 0 Å². The van der Waals surface area contributed by atoms with Crippen LogP contribution in [0.2, 0.25) is 0 Å². The average molecular weight is 321 g/mol. The maximum atomic E-state index is 12.0. The Morgan fingerprint density at radius 1 is 1.22 bits per heavy atom. The van der Waals surface area contributed by atoms with Gasteiger partial charge in [-0.2, -0.15) is 0 Å². The first-order valence-corrected chi connectivity index (χ1v) is 6.99. The summed E-state index contributed by atoms with van der Waals surface area (Å²) in [7, 11) is 0. The number of esters is 1. The Balaban J connectivity index is 2.57. The Bertz CT molecular complexity index is 543. The molecule has 7 heteroatoms. The molecule has 0 fully saturated rings. The molecular formula is C16H19NO6. The number of aliphatic carboxylic acids is 1. The number of hydrogen-bond donors (Lipinski definition) is 2. The van der Waals surface area contributed by atoms with E-state index in [9.17, 15) is 14.4 Å². The summed E-state index contributed by atoms with van der Waals surface area (Å²) >= 11 is 0. The summed E-state index contributed by atoms with van der Waals surface area (Å²) in [5, 5.41) is 11.0. The monoisotopic (exact) mass is 321 g/mol. The number of benzene rings is 1. The van der Waals surface area contributed by atoms with Crippen LogP contribution in [0.15, 0.2) is 43.0 Å². The van der Waals surface area contributed by atoms with Crippen molar-refractivity contribution in [3.8, 4) is 0 Å². The number of nitrogens with one attached hydrogen (secondary N) is 1. The van der Waals surface area contributed by atoms with Gasteiger partial charge in [-0.25, -0.2) is 9.59 Å². The van der Waals surface area contributed by atoms with Crippen molar-refractivity contribution in [3.63, 3.8) is 0 Å². The molecule has 2 N–H and O–H groups in total. The lowest BCUT2D eigenvalue weighted by Gasteiger charge is -2.16. The molecule has 23 heavy (non-hydrogen) atoms. The molecule has 1 amide bonds. The fourth-order valence-electron chi connectivity index (χ4n) is 1.66. The molecule has 1 rings (SSSR count). The minimum absolute atomic E-state index is 0.0173. The fourth-order valence-corrected chi connectivity index (χ4v) is 1.66. The molecule has 7 nitrogen and oxygen atoms in total. The van der Waals surface area contributed by atoms with Crippen LogP contribution in [0.3, 0.4) is 0 Å². The van der Waals surface area contributed by atoms with Crippen molar-refractivity contribution in [3.05, 3.63) is 48.6 Å². The summed E-state index contributed by atoms with van der Waals surface area (Å²) in [6.07, 6.45) is 0.162. The third-order valence-corrected chi connectivity index (χ3v) is 2.78. The summed E-state index contributed by atoms with van der Waals surface area (Å²) in [6.45, 7) is 3.41. The number of amides is 1. The second-order valence-electron chi connectivity index (χ2n) is 4.61. The number of carbonyl (C=O) groups is 3. The predicted octanol–water partition coefficient (Wildman–Crippen LogP) is 1.88. The first-order chi connectivity index (χ1) is 11.0. The maximum absolute atomic E-state index is 12.0. The quantitative estimate of drug-likeness (QED) is 0.532. The highest BCUT2D eigenvalue weighted by molar-refractivity contribution is 5.82. The van der Waals surface area contributed by atoms with Crippen molar-refractivity contribution in [2.75, 3.05) is 6.61 Å². The van der Waals surface area contributed by atoms with E-state index in [1.807, 2.05) is 6.07 Å². The number of carbonyl (C=O) groups excluding carboxylic acids is 2. The molecule has 0 aliphatic heterocycles. The van der Waals surface area contributed by atoms with Gasteiger partial charge in [0.2, 0.25) is 0 Å². The second-order valence-corrected chi connectivity index (χ2v) is 4.61. The van der Waals surface area contributed by atoms with Gasteiger partial charge in [-0.1, -0.05) is 43.0 Å². The van der Waals surface area contributed by atoms with E-state index in [1.54, 1.807) is 24.3 Å². The summed E-state index contributed by atoms with van der Waals surface area (Å²) in [5.41, 5.74) is 0.784. The number of rotatable bonds is 9. The van der Waals surface area contributed by atoms with Gasteiger partial charge in [-0.3, -0.25) is 4.79 Å². The van der Waals surface area contributed by atoms with Crippen molar-refractivity contribution in [2.45, 2.75) is 25.5 Å². The SMILES string of the molecule is C=CCOC(=O)N[C@H](CCC(=O)O)C(=O)OCc1ccccc1. The zero-order valence-corrected chi connectivity index (χ0v) is 12.6. The Hall–Kier alpha value is -2.83. The highest BCUT2D eigenvalue weighted by atomic mass is 16.6. The van der Waals surface area contributed by atoms with E-state index in [0.717, 1.165) is 5.56 Å². The van der Waals surface area contributed by atoms with E-state index in [2.05, 4.69) is 11.9 Å². The molecule has 0 radical (unpaired) electrons. The lowest BCUT2D eigenvalue weighted by molar-refractivity contribution is -0.148. The third-order valence-electron chi connectivity index (χ3n) is 2.78. The Morgan fingerprint density at radius 3 is 2.52 bits per heavy atom. The molecule has 0 unspecified atom stereocenters. The van der Waals surface area contributed by atoms with Crippen molar-refractivity contribution < 1.29 is 29.0 Å². The first-order valence-electron chi connectivity index (χ1n) is 6.99. The van der Waals surface area contributed by atoms with Crippen LogP contribution < -0.4 is 5.32 Å². The van der Waals surface area contributed by atoms with Gasteiger partial charge < -0.3 is 19.9 Å². The minimum atomic E-state index is -1.09. The molecule has 124 valence electrons. The van der Waals surface area contributed by atoms with Gasteiger partial charge in [0, 0.05) is 6.42 Å². The molecule has 0 saturated heterocycles. The minimum Gasteiger partial charge on any atom is -0.481 e. The Morgan fingerprint density at radius 2 is 1.91 bits per heavy atom. The summed E-state index contributed by atoms with van der Waals surface area (Å²) in [4.78, 5) is 34.2. The lowest BCUT2D eigenvalue weighted by Crippen LogP contribution is -2.42. The van der Waals surface area contributed by atoms with Crippen LogP contribution in [0.5, 0.6) is 0 Å². The van der Waals surface area contributed by atoms with Crippen LogP contribution in [0.1, 0.15) is 18.4 Å². The zero-order chi connectivity index (χ0) is 17.1. The van der Waals surface area contributed by atoms with Gasteiger partial charge >= 0.3 is 18.0 Å². The van der Waals surface area contributed by atoms with Gasteiger partial charge in [0.15, 0.2) is 0 Å². The van der Waals surface area contributed by atoms with Crippen LogP contribution in [-0.4, -0.2) is 35.8 Å². The van der Waals surface area contributed by atoms with Gasteiger partial charge in [0.1, 0.15) is 19.3 Å². The molecule has 0 bridgehead atoms. The summed E-state index contributed by atoms with van der Waals surface area (Å²) in [5.74, 6) is -1.79. The second kappa shape index (κ2) is 9.99. The van der Waals surface area contributed by atoms with Crippen molar-refractivity contribution >= 4 is 18.0 Å². The third kappa shape index (κ3) is 7.66. The Kier molecular flexibility index (Phi) is 7.91. The Labute approximate surface area is 133 Å². The average Bonchev–Trinajstić information content (AvgIpc) is 2.55. The van der Waals surface area contributed by atoms with Crippen LogP contribution >= 0.6 is 0 Å². The van der Waals surface area contributed by atoms with Gasteiger partial charge in [-0.05, 0) is 12.0 Å². The normalized spacial score (nSPS) is 11.1. The molecule has 1 aromatic carbocycles. The topological polar surface area (TPSA) is 102 Å². The lowest BCUT2D eigenvalue weighted by atomic mass is 10.1. The van der Waals surface area contributed by atoms with E-state index in [-0.39, 0.29) is 26.1 Å². The highest BCUT2D eigenvalue weighted by Crippen LogP contribution is 2.05. The predicted molar refractivity (Wildman–Crippen MR) is 81.6 cm³/mol. The largest absolute Gasteiger partial charge is 0.481 e. The van der Waals surface area contributed by atoms with E-state index in [4.69, 9.17) is 14.6 Å². The number of carboxylic acids is 1. The smallest absolute Gasteiger partial charge is 0.408 e. The fraction of sp³-hybridized carbons (Fsp3) is 0.312. The molecule has 0 saturated carbocycles. The van der Waals surface area contributed by atoms with Gasteiger partial charge in [0.05, 0.1) is 0 Å². The number of hydrogen-bond acceptors (Lipinski definition) is 5. The van der Waals surface area contributed by atoms with Crippen LogP contribution in [-0.2, 0) is 25.7 Å². The molecule has 1 aromatic rings. The zero-order valence-electron chi connectivity index (χ0n) is 12.6. The van der Waals surface area contributed by atoms with Crippen LogP contribution in [0.4, 0.5) is 4.79 Å². The number of alkyl carbamates (subject to hydrolysis) is 1. The van der Waals surface area contributed by atoms with Crippen LogP contribution in [0, 0.1) is 0 Å². The number of ether oxygens (including phenoxy) is 2. The van der Waals surface area contributed by atoms with Crippen molar-refractivity contribution in [1.29, 1.82) is 0 Å². The van der Waals surface area contributed by atoms with Crippen LogP contribution in [0.25, 0.3) is 0 Å². The molecule has 0 aromatic heterocycles. The molecule has 0 aliphatic carbocycles. The van der Waals surface area contributed by atoms with Crippen molar-refractivity contribution in [2.24, 2.45) is 0 Å². The standard InChI is InChI=1S/C16H19NO6/c1-2-10-22-16(21)17-13(8-9-14(18)19)15(20)23-11-12-6-4-3-5-7-12/h2-7,13H,1,8-11H2,(H,17,21)(H,18,19)/t13-/m1/s1. The van der Waals surface area contributed by atoms with E-state index in [0.29, 0.717) is 0 Å². The number of carboxylic acid groups (broad SMARTS) is 1. The van der Waals surface area contributed by atoms with Gasteiger partial charge in [0.25, 0.3) is 0 Å². The molecule has 0 aliphatic rings. The summed E-state index contributed by atoms with van der Waals surface area (Å²) < 4.78 is 9.82. The van der Waals surface area contributed by atoms with Gasteiger partial charge in [-0.15, -0.1) is 0 Å². The van der Waals surface area contributed by atoms with E-state index < -0.39 is 24.1 Å². The molecule has 0 spiro atoms. The summed E-state index contributed by atoms with van der Waals surface area (Å²) in [6, 6.07) is 7.91. The van der Waals surface area contributed by atoms with E-state index in [1.165, 1.54) is 6.08 Å². The molecular weight excluding hydrogens is 302 g/mol. The molecule has 0 heterocycles. The first kappa shape index (κ1) is 18.2. The highest BCUT2D eigenvalue weighted by Gasteiger charge is 2.23. The molecule has 1 atom stereocenters. The van der Waals surface area contributed by atoms with Crippen molar-refractivity contribution in [1.82, 2.24) is 5.32 Å².